The third kappa shape index (κ3) is 7.14. The molecular formula is C32H28N6O2. The highest BCUT2D eigenvalue weighted by atomic mass is 16.6. The average molecular weight is 529 g/mol. The summed E-state index contributed by atoms with van der Waals surface area (Å²) >= 11 is 0. The Hall–Kier alpha value is -5.37. The summed E-state index contributed by atoms with van der Waals surface area (Å²) in [5.74, 6) is 0. The van der Waals surface area contributed by atoms with Crippen LogP contribution in [-0.4, -0.2) is 11.1 Å². The van der Waals surface area contributed by atoms with E-state index in [0.717, 1.165) is 47.6 Å². The largest absolute Gasteiger partial charge is 0.361 e. The van der Waals surface area contributed by atoms with Crippen LogP contribution in [0.15, 0.2) is 147 Å². The monoisotopic (exact) mass is 528 g/mol. The van der Waals surface area contributed by atoms with Crippen molar-refractivity contribution in [2.24, 2.45) is 15.2 Å². The normalized spacial score (nSPS) is 14.7. The van der Waals surface area contributed by atoms with Crippen LogP contribution in [0.25, 0.3) is 0 Å². The van der Waals surface area contributed by atoms with Gasteiger partial charge in [0.2, 0.25) is 0 Å². The van der Waals surface area contributed by atoms with Crippen LogP contribution in [0.1, 0.15) is 19.3 Å². The minimum Gasteiger partial charge on any atom is -0.361 e. The Morgan fingerprint density at radius 3 is 1.98 bits per heavy atom. The number of allylic oxidation sites excluding steroid dienone is 2. The van der Waals surface area contributed by atoms with E-state index in [-0.39, 0.29) is 5.69 Å². The summed E-state index contributed by atoms with van der Waals surface area (Å²) in [7, 11) is 0. The maximum atomic E-state index is 10.8. The number of nitro benzene ring substituents is 1. The summed E-state index contributed by atoms with van der Waals surface area (Å²) in [6.45, 7) is 0. The summed E-state index contributed by atoms with van der Waals surface area (Å²) < 4.78 is 0. The van der Waals surface area contributed by atoms with Gasteiger partial charge in [0.25, 0.3) is 5.69 Å². The lowest BCUT2D eigenvalue weighted by Gasteiger charge is -2.23. The maximum absolute atomic E-state index is 10.8. The zero-order chi connectivity index (χ0) is 27.6. The smallest absolute Gasteiger partial charge is 0.269 e. The van der Waals surface area contributed by atoms with Crippen molar-refractivity contribution in [2.45, 2.75) is 19.3 Å². The van der Waals surface area contributed by atoms with Gasteiger partial charge in [-0.15, -0.1) is 0 Å². The Labute approximate surface area is 232 Å². The van der Waals surface area contributed by atoms with E-state index in [1.807, 2.05) is 91.1 Å². The van der Waals surface area contributed by atoms with Crippen molar-refractivity contribution in [3.8, 4) is 0 Å². The molecule has 8 heteroatoms. The molecule has 0 fully saturated rings. The standard InChI is InChI=1S/C32H28N6O2/c39-38(40)31-20-18-30(19-21-31)37-36-29-16-14-28(15-17-29)35-32-24(22-33-26-10-3-1-4-11-26)8-7-9-25(32)23-34-27-12-5-2-6-13-27/h1-6,10-23,33,35H,7-9H2/b24-22+,34-23?,37-36?. The molecule has 0 aromatic heterocycles. The van der Waals surface area contributed by atoms with Crippen molar-refractivity contribution in [1.82, 2.24) is 0 Å². The van der Waals surface area contributed by atoms with Gasteiger partial charge in [-0.1, -0.05) is 36.4 Å². The van der Waals surface area contributed by atoms with Crippen LogP contribution in [-0.2, 0) is 0 Å². The molecule has 0 atom stereocenters. The molecule has 1 aliphatic carbocycles. The molecule has 4 aromatic carbocycles. The molecule has 0 bridgehead atoms. The number of para-hydroxylation sites is 2. The zero-order valence-electron chi connectivity index (χ0n) is 21.8. The Kier molecular flexibility index (Phi) is 8.48. The molecule has 1 aliphatic rings. The van der Waals surface area contributed by atoms with Crippen molar-refractivity contribution < 1.29 is 4.92 Å². The molecule has 0 spiro atoms. The first-order chi connectivity index (χ1) is 19.6. The van der Waals surface area contributed by atoms with Crippen molar-refractivity contribution in [1.29, 1.82) is 0 Å². The topological polar surface area (TPSA) is 104 Å². The molecule has 5 rings (SSSR count). The molecule has 0 saturated carbocycles. The number of hydrogen-bond acceptors (Lipinski definition) is 7. The Bertz CT molecular complexity index is 1560. The molecule has 40 heavy (non-hydrogen) atoms. The predicted octanol–water partition coefficient (Wildman–Crippen LogP) is 9.26. The fourth-order valence-electron chi connectivity index (χ4n) is 4.24. The molecule has 8 nitrogen and oxygen atoms in total. The Balaban J connectivity index is 1.37. The van der Waals surface area contributed by atoms with Crippen molar-refractivity contribution >= 4 is 40.3 Å². The minimum atomic E-state index is -0.439. The van der Waals surface area contributed by atoms with E-state index in [1.165, 1.54) is 17.7 Å². The molecule has 0 aliphatic heterocycles. The highest BCUT2D eigenvalue weighted by Gasteiger charge is 2.17. The van der Waals surface area contributed by atoms with E-state index in [0.29, 0.717) is 11.4 Å². The first kappa shape index (κ1) is 26.2. The third-order valence-electron chi connectivity index (χ3n) is 6.33. The first-order valence-electron chi connectivity index (χ1n) is 13.0. The first-order valence-corrected chi connectivity index (χ1v) is 13.0. The number of benzene rings is 4. The molecule has 4 aromatic rings. The molecule has 2 N–H and O–H groups in total. The van der Waals surface area contributed by atoms with Crippen LogP contribution in [0.4, 0.5) is 34.1 Å². The van der Waals surface area contributed by atoms with Gasteiger partial charge >= 0.3 is 0 Å². The van der Waals surface area contributed by atoms with Crippen LogP contribution < -0.4 is 10.6 Å². The van der Waals surface area contributed by atoms with E-state index in [2.05, 4.69) is 27.1 Å². The number of nitro groups is 1. The molecule has 0 amide bonds. The van der Waals surface area contributed by atoms with Crippen LogP contribution >= 0.6 is 0 Å². The minimum absolute atomic E-state index is 0.0203. The highest BCUT2D eigenvalue weighted by Crippen LogP contribution is 2.31. The molecule has 0 radical (unpaired) electrons. The van der Waals surface area contributed by atoms with E-state index < -0.39 is 4.92 Å². The Morgan fingerprint density at radius 1 is 0.700 bits per heavy atom. The van der Waals surface area contributed by atoms with Gasteiger partial charge in [0.1, 0.15) is 0 Å². The maximum Gasteiger partial charge on any atom is 0.269 e. The molecule has 0 saturated heterocycles. The van der Waals surface area contributed by atoms with Gasteiger partial charge in [-0.25, -0.2) is 0 Å². The van der Waals surface area contributed by atoms with Crippen LogP contribution in [0.2, 0.25) is 0 Å². The SMILES string of the molecule is O=[N+]([O-])c1ccc(N=Nc2ccc(NC3=C(C=Nc4ccccc4)CCC/C3=C\Nc3ccccc3)cc2)cc1. The van der Waals surface area contributed by atoms with Crippen LogP contribution in [0.3, 0.4) is 0 Å². The quantitative estimate of drug-likeness (QED) is 0.0977. The second kappa shape index (κ2) is 12.9. The van der Waals surface area contributed by atoms with Gasteiger partial charge in [-0.2, -0.15) is 10.2 Å². The summed E-state index contributed by atoms with van der Waals surface area (Å²) in [6.07, 6.45) is 6.92. The van der Waals surface area contributed by atoms with E-state index >= 15 is 0 Å². The van der Waals surface area contributed by atoms with Crippen LogP contribution in [0.5, 0.6) is 0 Å². The third-order valence-corrected chi connectivity index (χ3v) is 6.33. The highest BCUT2D eigenvalue weighted by molar-refractivity contribution is 5.85. The Morgan fingerprint density at radius 2 is 1.32 bits per heavy atom. The number of nitrogens with one attached hydrogen (secondary N) is 2. The summed E-state index contributed by atoms with van der Waals surface area (Å²) in [4.78, 5) is 15.1. The second-order valence-corrected chi connectivity index (χ2v) is 9.17. The van der Waals surface area contributed by atoms with Gasteiger partial charge in [-0.05, 0) is 91.1 Å². The molecule has 198 valence electrons. The summed E-state index contributed by atoms with van der Waals surface area (Å²) in [5.41, 5.74) is 7.45. The number of non-ortho nitro benzene ring substituents is 1. The van der Waals surface area contributed by atoms with Gasteiger partial charge < -0.3 is 10.6 Å². The number of rotatable bonds is 9. The summed E-state index contributed by atoms with van der Waals surface area (Å²) in [5, 5.41) is 26.3. The summed E-state index contributed by atoms with van der Waals surface area (Å²) in [6, 6.07) is 33.7. The van der Waals surface area contributed by atoms with Crippen molar-refractivity contribution in [3.63, 3.8) is 0 Å². The fourth-order valence-corrected chi connectivity index (χ4v) is 4.24. The number of aliphatic imine (C=N–C) groups is 1. The van der Waals surface area contributed by atoms with Gasteiger partial charge in [0.15, 0.2) is 0 Å². The van der Waals surface area contributed by atoms with E-state index in [9.17, 15) is 10.1 Å². The zero-order valence-corrected chi connectivity index (χ0v) is 21.8. The second-order valence-electron chi connectivity index (χ2n) is 9.17. The molecule has 0 heterocycles. The average Bonchev–Trinajstić information content (AvgIpc) is 3.00. The van der Waals surface area contributed by atoms with Crippen LogP contribution in [0, 0.1) is 10.1 Å². The number of hydrogen-bond donors (Lipinski definition) is 2. The molecule has 0 unspecified atom stereocenters. The predicted molar refractivity (Wildman–Crippen MR) is 161 cm³/mol. The van der Waals surface area contributed by atoms with Gasteiger partial charge in [0.05, 0.1) is 22.0 Å². The van der Waals surface area contributed by atoms with Crippen molar-refractivity contribution in [2.75, 3.05) is 10.6 Å². The number of azo groups is 1. The number of nitrogens with zero attached hydrogens (tertiary/aromatic N) is 4. The lowest BCUT2D eigenvalue weighted by molar-refractivity contribution is -0.384. The van der Waals surface area contributed by atoms with E-state index in [4.69, 9.17) is 4.99 Å². The lowest BCUT2D eigenvalue weighted by atomic mass is 9.92. The van der Waals surface area contributed by atoms with E-state index in [1.54, 1.807) is 12.1 Å². The number of anilines is 2. The van der Waals surface area contributed by atoms with Gasteiger partial charge in [-0.3, -0.25) is 15.1 Å². The van der Waals surface area contributed by atoms with Crippen molar-refractivity contribution in [3.05, 3.63) is 142 Å². The lowest BCUT2D eigenvalue weighted by Crippen LogP contribution is -2.13. The molecular weight excluding hydrogens is 500 g/mol. The van der Waals surface area contributed by atoms with Gasteiger partial charge in [0, 0.05) is 41.6 Å². The fraction of sp³-hybridized carbons (Fsp3) is 0.0938.